The molecule has 0 aromatic heterocycles. The number of hydrogen-bond donors (Lipinski definition) is 1. The van der Waals surface area contributed by atoms with Gasteiger partial charge in [-0.2, -0.15) is 0 Å². The second-order valence-corrected chi connectivity index (χ2v) is 4.94. The Morgan fingerprint density at radius 3 is 2.09 bits per heavy atom. The van der Waals surface area contributed by atoms with Gasteiger partial charge >= 0.3 is 5.97 Å². The van der Waals surface area contributed by atoms with E-state index in [-0.39, 0.29) is 12.5 Å². The van der Waals surface area contributed by atoms with E-state index in [1.807, 2.05) is 0 Å². The van der Waals surface area contributed by atoms with E-state index >= 15 is 0 Å². The molecule has 0 bridgehead atoms. The highest BCUT2D eigenvalue weighted by Crippen LogP contribution is 2.23. The molecule has 1 unspecified atom stereocenters. The van der Waals surface area contributed by atoms with E-state index in [9.17, 15) is 9.59 Å². The summed E-state index contributed by atoms with van der Waals surface area (Å²) in [6.07, 6.45) is -0.200. The van der Waals surface area contributed by atoms with Gasteiger partial charge in [0.2, 0.25) is 0 Å². The monoisotopic (exact) mass is 325 g/mol. The van der Waals surface area contributed by atoms with E-state index in [0.717, 1.165) is 0 Å². The molecule has 0 spiro atoms. The van der Waals surface area contributed by atoms with Gasteiger partial charge in [0.25, 0.3) is 5.91 Å². The van der Waals surface area contributed by atoms with Gasteiger partial charge in [0.1, 0.15) is 24.1 Å². The number of carbonyl (C=O) groups is 2. The Labute approximate surface area is 135 Å². The number of benzene rings is 1. The summed E-state index contributed by atoms with van der Waals surface area (Å²) in [4.78, 5) is 24.7. The summed E-state index contributed by atoms with van der Waals surface area (Å²) in [5.41, 5.74) is 0.710. The first-order valence-corrected chi connectivity index (χ1v) is 7.20. The second kappa shape index (κ2) is 8.99. The SMILES string of the molecule is CCC(OC)C(=O)N(CC(=O)O)Cc1cc(OC)cc(OC)c1. The van der Waals surface area contributed by atoms with Crippen LogP contribution in [0.3, 0.4) is 0 Å². The van der Waals surface area contributed by atoms with Crippen LogP contribution in [0.2, 0.25) is 0 Å². The van der Waals surface area contributed by atoms with Crippen LogP contribution in [0.25, 0.3) is 0 Å². The normalized spacial score (nSPS) is 11.7. The molecule has 0 saturated heterocycles. The largest absolute Gasteiger partial charge is 0.497 e. The summed E-state index contributed by atoms with van der Waals surface area (Å²) in [6.45, 7) is 1.52. The molecule has 1 rings (SSSR count). The molecule has 0 radical (unpaired) electrons. The maximum absolute atomic E-state index is 12.4. The molecule has 1 aromatic carbocycles. The number of carboxylic acids is 1. The molecular weight excluding hydrogens is 302 g/mol. The van der Waals surface area contributed by atoms with Crippen molar-refractivity contribution >= 4 is 11.9 Å². The molecule has 128 valence electrons. The van der Waals surface area contributed by atoms with E-state index in [1.165, 1.54) is 26.2 Å². The first-order chi connectivity index (χ1) is 10.9. The Balaban J connectivity index is 3.05. The van der Waals surface area contributed by atoms with Crippen molar-refractivity contribution < 1.29 is 28.9 Å². The number of methoxy groups -OCH3 is 3. The number of carbonyl (C=O) groups excluding carboxylic acids is 1. The van der Waals surface area contributed by atoms with Gasteiger partial charge in [-0.05, 0) is 24.1 Å². The fourth-order valence-corrected chi connectivity index (χ4v) is 2.20. The number of ether oxygens (including phenoxy) is 3. The molecule has 0 aliphatic heterocycles. The van der Waals surface area contributed by atoms with Crippen LogP contribution in [0, 0.1) is 0 Å². The van der Waals surface area contributed by atoms with E-state index in [0.29, 0.717) is 23.5 Å². The molecule has 1 atom stereocenters. The number of carboxylic acid groups (broad SMARTS) is 1. The summed E-state index contributed by atoms with van der Waals surface area (Å²) >= 11 is 0. The van der Waals surface area contributed by atoms with Crippen LogP contribution in [0.5, 0.6) is 11.5 Å². The summed E-state index contributed by atoms with van der Waals surface area (Å²) in [5.74, 6) is -0.305. The lowest BCUT2D eigenvalue weighted by Crippen LogP contribution is -2.42. The van der Waals surface area contributed by atoms with Gasteiger partial charge in [-0.15, -0.1) is 0 Å². The molecule has 1 N–H and O–H groups in total. The van der Waals surface area contributed by atoms with Crippen LogP contribution in [0.1, 0.15) is 18.9 Å². The highest BCUT2D eigenvalue weighted by Gasteiger charge is 2.25. The van der Waals surface area contributed by atoms with Gasteiger partial charge in [0, 0.05) is 19.7 Å². The molecule has 1 aromatic rings. The number of nitrogens with zero attached hydrogens (tertiary/aromatic N) is 1. The van der Waals surface area contributed by atoms with Crippen LogP contribution < -0.4 is 9.47 Å². The fourth-order valence-electron chi connectivity index (χ4n) is 2.20. The van der Waals surface area contributed by atoms with Gasteiger partial charge < -0.3 is 24.2 Å². The Morgan fingerprint density at radius 1 is 1.13 bits per heavy atom. The Hall–Kier alpha value is -2.28. The van der Waals surface area contributed by atoms with Crippen LogP contribution in [0.4, 0.5) is 0 Å². The Bertz CT molecular complexity index is 519. The van der Waals surface area contributed by atoms with E-state index in [1.54, 1.807) is 25.1 Å². The summed E-state index contributed by atoms with van der Waals surface area (Å²) < 4.78 is 15.5. The van der Waals surface area contributed by atoms with Crippen LogP contribution >= 0.6 is 0 Å². The number of hydrogen-bond acceptors (Lipinski definition) is 5. The zero-order valence-corrected chi connectivity index (χ0v) is 13.9. The molecule has 7 nitrogen and oxygen atoms in total. The first kappa shape index (κ1) is 18.8. The van der Waals surface area contributed by atoms with Crippen molar-refractivity contribution in [1.82, 2.24) is 4.90 Å². The lowest BCUT2D eigenvalue weighted by Gasteiger charge is -2.25. The lowest BCUT2D eigenvalue weighted by atomic mass is 10.1. The summed E-state index contributed by atoms with van der Waals surface area (Å²) in [6, 6.07) is 5.17. The highest BCUT2D eigenvalue weighted by atomic mass is 16.5. The minimum Gasteiger partial charge on any atom is -0.497 e. The van der Waals surface area contributed by atoms with Gasteiger partial charge in [-0.1, -0.05) is 6.92 Å². The van der Waals surface area contributed by atoms with Crippen molar-refractivity contribution in [1.29, 1.82) is 0 Å². The van der Waals surface area contributed by atoms with Gasteiger partial charge in [0.15, 0.2) is 0 Å². The standard InChI is InChI=1S/C16H23NO6/c1-5-14(23-4)16(20)17(10-15(18)19)9-11-6-12(21-2)8-13(7-11)22-3/h6-8,14H,5,9-10H2,1-4H3,(H,18,19). The van der Waals surface area contributed by atoms with Gasteiger partial charge in [-0.3, -0.25) is 9.59 Å². The highest BCUT2D eigenvalue weighted by molar-refractivity contribution is 5.84. The van der Waals surface area contributed by atoms with Crippen molar-refractivity contribution in [2.75, 3.05) is 27.9 Å². The molecule has 0 aliphatic carbocycles. The third-order valence-electron chi connectivity index (χ3n) is 3.35. The summed E-state index contributed by atoms with van der Waals surface area (Å²) in [5, 5.41) is 9.06. The van der Waals surface area contributed by atoms with Gasteiger partial charge in [-0.25, -0.2) is 0 Å². The third-order valence-corrected chi connectivity index (χ3v) is 3.35. The first-order valence-electron chi connectivity index (χ1n) is 7.20. The Kier molecular flexibility index (Phi) is 7.34. The second-order valence-electron chi connectivity index (χ2n) is 4.94. The average molecular weight is 325 g/mol. The number of rotatable bonds is 9. The topological polar surface area (TPSA) is 85.3 Å². The zero-order valence-electron chi connectivity index (χ0n) is 13.9. The Morgan fingerprint density at radius 2 is 1.70 bits per heavy atom. The third kappa shape index (κ3) is 5.45. The van der Waals surface area contributed by atoms with Crippen LogP contribution in [-0.4, -0.2) is 55.9 Å². The molecule has 0 heterocycles. The minimum absolute atomic E-state index is 0.124. The minimum atomic E-state index is -1.08. The quantitative estimate of drug-likeness (QED) is 0.741. The molecular formula is C16H23NO6. The van der Waals surface area contributed by atoms with Crippen molar-refractivity contribution in [2.24, 2.45) is 0 Å². The predicted octanol–water partition coefficient (Wildman–Crippen LogP) is 1.54. The summed E-state index contributed by atoms with van der Waals surface area (Å²) in [7, 11) is 4.48. The maximum atomic E-state index is 12.4. The maximum Gasteiger partial charge on any atom is 0.323 e. The smallest absolute Gasteiger partial charge is 0.323 e. The lowest BCUT2D eigenvalue weighted by molar-refractivity contribution is -0.150. The van der Waals surface area contributed by atoms with E-state index in [4.69, 9.17) is 19.3 Å². The van der Waals surface area contributed by atoms with E-state index < -0.39 is 18.6 Å². The van der Waals surface area contributed by atoms with Crippen molar-refractivity contribution in [2.45, 2.75) is 26.0 Å². The van der Waals surface area contributed by atoms with Crippen molar-refractivity contribution in [3.8, 4) is 11.5 Å². The molecule has 1 amide bonds. The molecule has 0 saturated carbocycles. The molecule has 7 heteroatoms. The number of amides is 1. The zero-order chi connectivity index (χ0) is 17.4. The van der Waals surface area contributed by atoms with Gasteiger partial charge in [0.05, 0.1) is 14.2 Å². The predicted molar refractivity (Wildman–Crippen MR) is 83.7 cm³/mol. The van der Waals surface area contributed by atoms with E-state index in [2.05, 4.69) is 0 Å². The van der Waals surface area contributed by atoms with Crippen LogP contribution in [-0.2, 0) is 20.9 Å². The van der Waals surface area contributed by atoms with Crippen molar-refractivity contribution in [3.63, 3.8) is 0 Å². The number of aliphatic carboxylic acids is 1. The van der Waals surface area contributed by atoms with Crippen molar-refractivity contribution in [3.05, 3.63) is 23.8 Å². The molecule has 23 heavy (non-hydrogen) atoms. The molecule has 0 aliphatic rings. The fraction of sp³-hybridized carbons (Fsp3) is 0.500. The van der Waals surface area contributed by atoms with Crippen LogP contribution in [0.15, 0.2) is 18.2 Å². The average Bonchev–Trinajstić information content (AvgIpc) is 2.54. The molecule has 0 fully saturated rings.